The van der Waals surface area contributed by atoms with Crippen LogP contribution in [-0.4, -0.2) is 53.1 Å². The van der Waals surface area contributed by atoms with Crippen LogP contribution in [0.4, 0.5) is 8.78 Å². The first kappa shape index (κ1) is 23.2. The minimum atomic E-state index is -2.81. The van der Waals surface area contributed by atoms with Gasteiger partial charge in [-0.2, -0.15) is 8.78 Å². The van der Waals surface area contributed by atoms with Crippen LogP contribution >= 0.6 is 0 Å². The number of aromatic nitrogens is 7. The van der Waals surface area contributed by atoms with Crippen LogP contribution < -0.4 is 0 Å². The maximum Gasteiger partial charge on any atom is 0.314 e. The Morgan fingerprint density at radius 1 is 0.943 bits per heavy atom. The lowest BCUT2D eigenvalue weighted by Crippen LogP contribution is -2.36. The summed E-state index contributed by atoms with van der Waals surface area (Å²) in [6.07, 6.45) is 4.85. The van der Waals surface area contributed by atoms with E-state index in [9.17, 15) is 8.78 Å². The van der Waals surface area contributed by atoms with E-state index in [2.05, 4.69) is 55.3 Å². The van der Waals surface area contributed by atoms with Crippen LogP contribution in [0.1, 0.15) is 50.3 Å². The van der Waals surface area contributed by atoms with Gasteiger partial charge in [0.1, 0.15) is 5.69 Å². The lowest BCUT2D eigenvalue weighted by atomic mass is 9.82. The number of hydrogen-bond donors (Lipinski definition) is 0. The Balaban J connectivity index is 1.19. The third-order valence-electron chi connectivity index (χ3n) is 6.26. The zero-order chi connectivity index (χ0) is 24.4. The molecule has 1 aliphatic heterocycles. The summed E-state index contributed by atoms with van der Waals surface area (Å²) in [5, 5.41) is 15.4. The fraction of sp³-hybridized carbons (Fsp3) is 0.417. The smallest absolute Gasteiger partial charge is 0.314 e. The van der Waals surface area contributed by atoms with E-state index in [1.165, 1.54) is 24.6 Å². The molecule has 182 valence electrons. The van der Waals surface area contributed by atoms with Crippen LogP contribution in [0.3, 0.4) is 0 Å². The van der Waals surface area contributed by atoms with E-state index >= 15 is 0 Å². The zero-order valence-corrected chi connectivity index (χ0v) is 19.6. The van der Waals surface area contributed by atoms with E-state index in [4.69, 9.17) is 4.42 Å². The Morgan fingerprint density at radius 2 is 1.77 bits per heavy atom. The molecule has 0 amide bonds. The summed E-state index contributed by atoms with van der Waals surface area (Å²) in [6, 6.07) is 7.51. The summed E-state index contributed by atoms with van der Waals surface area (Å²) in [5.41, 5.74) is 4.24. The largest absolute Gasteiger partial charge is 0.415 e. The van der Waals surface area contributed by atoms with Gasteiger partial charge in [0.05, 0.1) is 29.7 Å². The number of alkyl halides is 2. The van der Waals surface area contributed by atoms with E-state index in [0.717, 1.165) is 25.3 Å². The van der Waals surface area contributed by atoms with E-state index in [1.54, 1.807) is 16.8 Å². The lowest BCUT2D eigenvalue weighted by Gasteiger charge is -2.36. The van der Waals surface area contributed by atoms with Crippen molar-refractivity contribution in [1.29, 1.82) is 0 Å². The monoisotopic (exact) mass is 480 g/mol. The van der Waals surface area contributed by atoms with Crippen molar-refractivity contribution in [2.24, 2.45) is 5.41 Å². The Hall–Kier alpha value is -3.60. The van der Waals surface area contributed by atoms with Crippen molar-refractivity contribution in [2.75, 3.05) is 13.1 Å². The van der Waals surface area contributed by atoms with E-state index in [0.29, 0.717) is 28.9 Å². The molecule has 1 aliphatic rings. The molecule has 0 spiro atoms. The molecule has 0 aliphatic carbocycles. The predicted octanol–water partition coefficient (Wildman–Crippen LogP) is 4.39. The third kappa shape index (κ3) is 5.56. The van der Waals surface area contributed by atoms with E-state index < -0.39 is 12.3 Å². The summed E-state index contributed by atoms with van der Waals surface area (Å²) in [6.45, 7) is 8.20. The highest BCUT2D eigenvalue weighted by molar-refractivity contribution is 5.52. The number of pyridine rings is 2. The number of hydrogen-bond acceptors (Lipinski definition) is 8. The first-order chi connectivity index (χ1) is 16.8. The van der Waals surface area contributed by atoms with Gasteiger partial charge >= 0.3 is 6.43 Å². The molecule has 1 fully saturated rings. The van der Waals surface area contributed by atoms with Crippen molar-refractivity contribution in [3.63, 3.8) is 0 Å². The molecule has 0 N–H and O–H groups in total. The highest BCUT2D eigenvalue weighted by atomic mass is 19.3. The Bertz CT molecular complexity index is 1260. The molecular formula is C24H26F2N8O. The van der Waals surface area contributed by atoms with Gasteiger partial charge in [0.25, 0.3) is 5.89 Å². The number of nitrogens with zero attached hydrogens (tertiary/aromatic N) is 8. The van der Waals surface area contributed by atoms with Crippen LogP contribution in [-0.2, 0) is 13.1 Å². The Morgan fingerprint density at radius 3 is 2.43 bits per heavy atom. The molecular weight excluding hydrogens is 454 g/mol. The van der Waals surface area contributed by atoms with Crippen molar-refractivity contribution in [2.45, 2.75) is 46.2 Å². The number of likely N-dealkylation sites (tertiary alicyclic amines) is 1. The second kappa shape index (κ2) is 9.57. The van der Waals surface area contributed by atoms with Gasteiger partial charge in [0.2, 0.25) is 5.89 Å². The summed E-state index contributed by atoms with van der Waals surface area (Å²) < 4.78 is 31.9. The van der Waals surface area contributed by atoms with Gasteiger partial charge < -0.3 is 4.42 Å². The van der Waals surface area contributed by atoms with Crippen molar-refractivity contribution >= 4 is 0 Å². The second-order valence-electron chi connectivity index (χ2n) is 9.58. The molecule has 11 heteroatoms. The van der Waals surface area contributed by atoms with Crippen molar-refractivity contribution in [3.8, 4) is 22.8 Å². The van der Waals surface area contributed by atoms with E-state index in [1.807, 2.05) is 18.5 Å². The van der Waals surface area contributed by atoms with Crippen LogP contribution in [0, 0.1) is 5.41 Å². The molecule has 0 atom stereocenters. The molecule has 5 rings (SSSR count). The third-order valence-corrected chi connectivity index (χ3v) is 6.26. The highest BCUT2D eigenvalue weighted by Crippen LogP contribution is 2.30. The minimum absolute atomic E-state index is 0.000962. The highest BCUT2D eigenvalue weighted by Gasteiger charge is 2.25. The first-order valence-corrected chi connectivity index (χ1v) is 11.5. The molecule has 0 bridgehead atoms. The molecule has 35 heavy (non-hydrogen) atoms. The summed E-state index contributed by atoms with van der Waals surface area (Å²) in [4.78, 5) is 11.4. The van der Waals surface area contributed by atoms with Crippen LogP contribution in [0.5, 0.6) is 0 Å². The topological polar surface area (TPSA) is 98.7 Å². The predicted molar refractivity (Wildman–Crippen MR) is 123 cm³/mol. The normalized spacial score (nSPS) is 16.1. The van der Waals surface area contributed by atoms with Gasteiger partial charge in [-0.3, -0.25) is 14.9 Å². The quantitative estimate of drug-likeness (QED) is 0.384. The maximum atomic E-state index is 12.6. The molecule has 0 saturated carbocycles. The molecule has 0 radical (unpaired) electrons. The molecule has 0 aromatic carbocycles. The van der Waals surface area contributed by atoms with Gasteiger partial charge in [-0.25, -0.2) is 4.68 Å². The molecule has 4 aromatic rings. The number of halogens is 2. The van der Waals surface area contributed by atoms with Gasteiger partial charge in [0.15, 0.2) is 0 Å². The van der Waals surface area contributed by atoms with E-state index in [-0.39, 0.29) is 5.89 Å². The fourth-order valence-corrected chi connectivity index (χ4v) is 3.99. The molecule has 1 saturated heterocycles. The van der Waals surface area contributed by atoms with Crippen LogP contribution in [0.25, 0.3) is 22.8 Å². The average Bonchev–Trinajstić information content (AvgIpc) is 3.52. The Labute approximate surface area is 201 Å². The summed E-state index contributed by atoms with van der Waals surface area (Å²) >= 11 is 0. The van der Waals surface area contributed by atoms with Gasteiger partial charge in [-0.05, 0) is 55.1 Å². The minimum Gasteiger partial charge on any atom is -0.415 e. The van der Waals surface area contributed by atoms with Gasteiger partial charge in [-0.15, -0.1) is 15.3 Å². The summed E-state index contributed by atoms with van der Waals surface area (Å²) in [7, 11) is 0. The number of rotatable bonds is 7. The van der Waals surface area contributed by atoms with Crippen molar-refractivity contribution in [1.82, 2.24) is 40.1 Å². The molecule has 0 unspecified atom stereocenters. The second-order valence-corrected chi connectivity index (χ2v) is 9.58. The van der Waals surface area contributed by atoms with Crippen LogP contribution in [0.2, 0.25) is 0 Å². The first-order valence-electron chi connectivity index (χ1n) is 11.5. The molecule has 5 heterocycles. The standard InChI is InChI=1S/C24H26F2N8O/c1-24(2)7-9-33(10-8-24)13-16-3-6-19(28-11-16)20-15-34(32-29-20)14-18-5-4-17(12-27-18)22-30-31-23(35-22)21(25)26/h3-6,11-12,15,21H,7-10,13-14H2,1-2H3. The number of piperidine rings is 1. The average molecular weight is 481 g/mol. The summed E-state index contributed by atoms with van der Waals surface area (Å²) in [5.74, 6) is -0.711. The molecule has 9 nitrogen and oxygen atoms in total. The maximum absolute atomic E-state index is 12.6. The van der Waals surface area contributed by atoms with Crippen LogP contribution in [0.15, 0.2) is 47.3 Å². The molecule has 4 aromatic heterocycles. The van der Waals surface area contributed by atoms with Gasteiger partial charge in [0, 0.05) is 18.9 Å². The SMILES string of the molecule is CC1(C)CCN(Cc2ccc(-c3cn(Cc4ccc(-c5nnc(C(F)F)o5)cn4)nn3)nc2)CC1. The lowest BCUT2D eigenvalue weighted by molar-refractivity contribution is 0.116. The Kier molecular flexibility index (Phi) is 6.33. The zero-order valence-electron chi connectivity index (χ0n) is 19.6. The van der Waals surface area contributed by atoms with Crippen molar-refractivity contribution in [3.05, 3.63) is 60.0 Å². The fourth-order valence-electron chi connectivity index (χ4n) is 3.99. The van der Waals surface area contributed by atoms with Gasteiger partial charge in [-0.1, -0.05) is 25.1 Å². The van der Waals surface area contributed by atoms with Crippen molar-refractivity contribution < 1.29 is 13.2 Å².